The van der Waals surface area contributed by atoms with E-state index in [0.717, 1.165) is 12.1 Å². The van der Waals surface area contributed by atoms with Gasteiger partial charge >= 0.3 is 0 Å². The lowest BCUT2D eigenvalue weighted by molar-refractivity contribution is -0.147. The number of carbonyl (C=O) groups is 2. The summed E-state index contributed by atoms with van der Waals surface area (Å²) in [4.78, 5) is 27.3. The van der Waals surface area contributed by atoms with Crippen molar-refractivity contribution in [1.29, 1.82) is 0 Å². The van der Waals surface area contributed by atoms with E-state index < -0.39 is 11.5 Å². The summed E-state index contributed by atoms with van der Waals surface area (Å²) >= 11 is 6.30. The van der Waals surface area contributed by atoms with Crippen LogP contribution in [0.1, 0.15) is 29.6 Å². The van der Waals surface area contributed by atoms with E-state index in [9.17, 15) is 14.7 Å². The van der Waals surface area contributed by atoms with Crippen molar-refractivity contribution in [3.05, 3.63) is 47.2 Å². The highest BCUT2D eigenvalue weighted by Crippen LogP contribution is 2.38. The monoisotopic (exact) mass is 388 g/mol. The fraction of sp³-hybridized carbons (Fsp3) is 0.421. The van der Waals surface area contributed by atoms with Gasteiger partial charge in [-0.2, -0.15) is 5.10 Å². The zero-order chi connectivity index (χ0) is 19.0. The number of hydrogen-bond donors (Lipinski definition) is 2. The minimum Gasteiger partial charge on any atom is -0.392 e. The second-order valence-electron chi connectivity index (χ2n) is 7.16. The third kappa shape index (κ3) is 3.11. The highest BCUT2D eigenvalue weighted by molar-refractivity contribution is 6.33. The normalized spacial score (nSPS) is 25.5. The van der Waals surface area contributed by atoms with E-state index in [-0.39, 0.29) is 18.4 Å². The summed E-state index contributed by atoms with van der Waals surface area (Å²) in [6, 6.07) is 6.97. The molecule has 2 saturated heterocycles. The topological polar surface area (TPSA) is 87.5 Å². The molecule has 2 amide bonds. The van der Waals surface area contributed by atoms with Crippen LogP contribution in [-0.2, 0) is 4.79 Å². The van der Waals surface area contributed by atoms with Crippen molar-refractivity contribution in [2.75, 3.05) is 19.6 Å². The molecule has 2 aliphatic heterocycles. The van der Waals surface area contributed by atoms with Crippen LogP contribution in [0.15, 0.2) is 36.7 Å². The van der Waals surface area contributed by atoms with Gasteiger partial charge in [0, 0.05) is 32.0 Å². The number of benzene rings is 1. The van der Waals surface area contributed by atoms with E-state index in [1.165, 1.54) is 0 Å². The second-order valence-corrected chi connectivity index (χ2v) is 7.57. The maximum absolute atomic E-state index is 13.2. The first kappa shape index (κ1) is 18.0. The van der Waals surface area contributed by atoms with Crippen molar-refractivity contribution in [2.24, 2.45) is 5.41 Å². The van der Waals surface area contributed by atoms with Gasteiger partial charge in [-0.05, 0) is 43.5 Å². The van der Waals surface area contributed by atoms with Gasteiger partial charge in [0.1, 0.15) is 0 Å². The first-order valence-electron chi connectivity index (χ1n) is 9.06. The van der Waals surface area contributed by atoms with Gasteiger partial charge in [0.05, 0.1) is 27.8 Å². The first-order chi connectivity index (χ1) is 13.0. The van der Waals surface area contributed by atoms with Crippen molar-refractivity contribution in [2.45, 2.75) is 25.4 Å². The number of aromatic nitrogens is 2. The Morgan fingerprint density at radius 2 is 2.26 bits per heavy atom. The van der Waals surface area contributed by atoms with E-state index in [4.69, 9.17) is 11.6 Å². The van der Waals surface area contributed by atoms with Crippen LogP contribution in [0.5, 0.6) is 0 Å². The fourth-order valence-electron chi connectivity index (χ4n) is 4.03. The highest BCUT2D eigenvalue weighted by Gasteiger charge is 2.50. The first-order valence-corrected chi connectivity index (χ1v) is 9.44. The maximum Gasteiger partial charge on any atom is 0.255 e. The van der Waals surface area contributed by atoms with Crippen molar-refractivity contribution in [1.82, 2.24) is 20.0 Å². The number of carbonyl (C=O) groups excluding carboxylic acids is 2. The van der Waals surface area contributed by atoms with Gasteiger partial charge in [-0.1, -0.05) is 11.6 Å². The van der Waals surface area contributed by atoms with Crippen LogP contribution < -0.4 is 5.32 Å². The smallest absolute Gasteiger partial charge is 0.255 e. The molecule has 2 atom stereocenters. The minimum absolute atomic E-state index is 0.171. The van der Waals surface area contributed by atoms with Crippen LogP contribution in [0.2, 0.25) is 5.02 Å². The molecule has 2 fully saturated rings. The standard InChI is InChI=1S/C19H21ClN4O3/c20-15-4-3-13(24-9-2-8-22-24)11-14(15)17(26)23-10-5-16(25)19(12-23)6-1-7-21-18(19)27/h2-4,8-9,11,16,25H,1,5-7,10,12H2,(H,21,27)/t16-,19+/m0/s1. The second kappa shape index (κ2) is 6.98. The number of amides is 2. The molecule has 2 aliphatic rings. The molecule has 1 aromatic carbocycles. The zero-order valence-corrected chi connectivity index (χ0v) is 15.5. The highest BCUT2D eigenvalue weighted by atomic mass is 35.5. The molecular weight excluding hydrogens is 368 g/mol. The van der Waals surface area contributed by atoms with Gasteiger partial charge in [0.2, 0.25) is 5.91 Å². The Labute approximate surface area is 161 Å². The summed E-state index contributed by atoms with van der Waals surface area (Å²) in [6.45, 7) is 1.19. The van der Waals surface area contributed by atoms with E-state index in [0.29, 0.717) is 36.5 Å². The van der Waals surface area contributed by atoms with Gasteiger partial charge in [-0.3, -0.25) is 9.59 Å². The Kier molecular flexibility index (Phi) is 4.65. The Morgan fingerprint density at radius 3 is 3.00 bits per heavy atom. The Bertz CT molecular complexity index is 870. The number of likely N-dealkylation sites (tertiary alicyclic amines) is 1. The molecule has 0 radical (unpaired) electrons. The van der Waals surface area contributed by atoms with E-state index in [1.807, 2.05) is 0 Å². The van der Waals surface area contributed by atoms with Gasteiger partial charge in [0.15, 0.2) is 0 Å². The van der Waals surface area contributed by atoms with Crippen molar-refractivity contribution in [3.63, 3.8) is 0 Å². The van der Waals surface area contributed by atoms with Gasteiger partial charge in [-0.25, -0.2) is 4.68 Å². The van der Waals surface area contributed by atoms with Crippen LogP contribution in [0, 0.1) is 5.41 Å². The maximum atomic E-state index is 13.2. The zero-order valence-electron chi connectivity index (χ0n) is 14.8. The Balaban J connectivity index is 1.63. The average molecular weight is 389 g/mol. The van der Waals surface area contributed by atoms with E-state index in [2.05, 4.69) is 10.4 Å². The largest absolute Gasteiger partial charge is 0.392 e. The third-order valence-electron chi connectivity index (χ3n) is 5.56. The lowest BCUT2D eigenvalue weighted by Gasteiger charge is -2.46. The predicted octanol–water partition coefficient (Wildman–Crippen LogP) is 1.63. The average Bonchev–Trinajstić information content (AvgIpc) is 3.21. The number of piperidine rings is 2. The molecule has 8 heteroatoms. The summed E-state index contributed by atoms with van der Waals surface area (Å²) in [6.07, 6.45) is 4.44. The van der Waals surface area contributed by atoms with Crippen LogP contribution in [0.25, 0.3) is 5.69 Å². The Morgan fingerprint density at radius 1 is 1.41 bits per heavy atom. The number of halogens is 1. The van der Waals surface area contributed by atoms with Crippen molar-refractivity contribution < 1.29 is 14.7 Å². The number of rotatable bonds is 2. The number of nitrogens with zero attached hydrogens (tertiary/aromatic N) is 3. The quantitative estimate of drug-likeness (QED) is 0.818. The van der Waals surface area contributed by atoms with Crippen LogP contribution in [0.4, 0.5) is 0 Å². The molecule has 0 unspecified atom stereocenters. The summed E-state index contributed by atoms with van der Waals surface area (Å²) in [5.74, 6) is -0.409. The van der Waals surface area contributed by atoms with E-state index in [1.54, 1.807) is 46.2 Å². The van der Waals surface area contributed by atoms with Gasteiger partial charge in [0.25, 0.3) is 5.91 Å². The number of nitrogens with one attached hydrogen (secondary N) is 1. The molecule has 0 bridgehead atoms. The summed E-state index contributed by atoms with van der Waals surface area (Å²) in [7, 11) is 0. The Hall–Kier alpha value is -2.38. The minimum atomic E-state index is -0.932. The summed E-state index contributed by atoms with van der Waals surface area (Å²) in [5, 5.41) is 17.9. The van der Waals surface area contributed by atoms with Crippen molar-refractivity contribution in [3.8, 4) is 5.69 Å². The van der Waals surface area contributed by atoms with E-state index >= 15 is 0 Å². The molecular formula is C19H21ClN4O3. The molecule has 2 N–H and O–H groups in total. The lowest BCUT2D eigenvalue weighted by Crippen LogP contribution is -2.62. The fourth-order valence-corrected chi connectivity index (χ4v) is 4.23. The third-order valence-corrected chi connectivity index (χ3v) is 5.89. The number of hydrogen-bond acceptors (Lipinski definition) is 4. The molecule has 27 heavy (non-hydrogen) atoms. The number of aliphatic hydroxyl groups is 1. The molecule has 4 rings (SSSR count). The van der Waals surface area contributed by atoms with Crippen molar-refractivity contribution >= 4 is 23.4 Å². The lowest BCUT2D eigenvalue weighted by atomic mass is 9.71. The molecule has 2 aromatic rings. The van der Waals surface area contributed by atoms with Crippen LogP contribution in [-0.4, -0.2) is 57.3 Å². The molecule has 0 saturated carbocycles. The van der Waals surface area contributed by atoms with Crippen LogP contribution >= 0.6 is 11.6 Å². The molecule has 0 aliphatic carbocycles. The van der Waals surface area contributed by atoms with Crippen LogP contribution in [0.3, 0.4) is 0 Å². The molecule has 7 nitrogen and oxygen atoms in total. The molecule has 1 spiro atoms. The predicted molar refractivity (Wildman–Crippen MR) is 99.8 cm³/mol. The molecule has 142 valence electrons. The molecule has 1 aromatic heterocycles. The summed E-state index contributed by atoms with van der Waals surface area (Å²) in [5.41, 5.74) is 0.167. The van der Waals surface area contributed by atoms with Gasteiger partial charge in [-0.15, -0.1) is 0 Å². The number of aliphatic hydroxyl groups excluding tert-OH is 1. The van der Waals surface area contributed by atoms with Gasteiger partial charge < -0.3 is 15.3 Å². The summed E-state index contributed by atoms with van der Waals surface area (Å²) < 4.78 is 1.66. The SMILES string of the molecule is O=C(c1cc(-n2cccn2)ccc1Cl)N1CC[C@H](O)[C@@]2(CCCNC2=O)C1. The molecule has 3 heterocycles.